The summed E-state index contributed by atoms with van der Waals surface area (Å²) >= 11 is 0. The second kappa shape index (κ2) is 4.40. The topological polar surface area (TPSA) is 24.9 Å². The number of halogens is 5. The highest BCUT2D eigenvalue weighted by molar-refractivity contribution is 5.92. The molecule has 0 saturated heterocycles. The second-order valence-electron chi connectivity index (χ2n) is 3.53. The first-order valence-corrected chi connectivity index (χ1v) is 4.89. The van der Waals surface area contributed by atoms with Crippen LogP contribution >= 0.6 is 0 Å². The van der Waals surface area contributed by atoms with E-state index in [1.165, 1.54) is 7.05 Å². The Balaban J connectivity index is 2.88. The van der Waals surface area contributed by atoms with Crippen LogP contribution in [0.2, 0.25) is 0 Å². The minimum Gasteiger partial charge on any atom is -0.387 e. The van der Waals surface area contributed by atoms with Crippen molar-refractivity contribution in [2.45, 2.75) is 6.43 Å². The number of hydrogen-bond donors (Lipinski definition) is 1. The van der Waals surface area contributed by atoms with Crippen molar-refractivity contribution in [2.24, 2.45) is 0 Å². The first-order chi connectivity index (χ1) is 8.45. The van der Waals surface area contributed by atoms with Crippen molar-refractivity contribution in [1.82, 2.24) is 4.98 Å². The highest BCUT2D eigenvalue weighted by atomic mass is 19.3. The van der Waals surface area contributed by atoms with Gasteiger partial charge in [-0.3, -0.25) is 0 Å². The smallest absolute Gasteiger partial charge is 0.280 e. The van der Waals surface area contributed by atoms with Gasteiger partial charge in [-0.2, -0.15) is 0 Å². The molecule has 0 aliphatic carbocycles. The summed E-state index contributed by atoms with van der Waals surface area (Å²) in [4.78, 5) is 3.41. The van der Waals surface area contributed by atoms with Crippen molar-refractivity contribution in [3.05, 3.63) is 35.3 Å². The molecule has 0 unspecified atom stereocenters. The fourth-order valence-electron chi connectivity index (χ4n) is 1.63. The lowest BCUT2D eigenvalue weighted by molar-refractivity contribution is 0.146. The SMILES string of the molecule is CNc1cc(C(F)F)nc2cc(F)c(F)c(F)c12. The first-order valence-electron chi connectivity index (χ1n) is 4.89. The lowest BCUT2D eigenvalue weighted by Gasteiger charge is -2.10. The molecule has 2 rings (SSSR count). The Morgan fingerprint density at radius 3 is 2.33 bits per heavy atom. The second-order valence-corrected chi connectivity index (χ2v) is 3.53. The molecule has 0 radical (unpaired) electrons. The maximum absolute atomic E-state index is 13.6. The van der Waals surface area contributed by atoms with E-state index in [2.05, 4.69) is 10.3 Å². The van der Waals surface area contributed by atoms with Gasteiger partial charge < -0.3 is 5.32 Å². The number of anilines is 1. The highest BCUT2D eigenvalue weighted by Crippen LogP contribution is 2.31. The quantitative estimate of drug-likeness (QED) is 0.660. The molecule has 0 amide bonds. The maximum atomic E-state index is 13.6. The normalized spacial score (nSPS) is 11.3. The number of nitrogens with zero attached hydrogens (tertiary/aromatic N) is 1. The molecule has 2 aromatic rings. The minimum absolute atomic E-state index is 0.0771. The Labute approximate surface area is 98.4 Å². The standard InChI is InChI=1S/C11H7F5N2/c1-17-5-3-7(11(15)16)18-6-2-4(12)9(13)10(14)8(5)6/h2-3,11H,1H3,(H,17,18). The molecule has 18 heavy (non-hydrogen) atoms. The van der Waals surface area contributed by atoms with Gasteiger partial charge in [-0.05, 0) is 6.07 Å². The van der Waals surface area contributed by atoms with Gasteiger partial charge in [0.25, 0.3) is 6.43 Å². The fourth-order valence-corrected chi connectivity index (χ4v) is 1.63. The Morgan fingerprint density at radius 1 is 1.11 bits per heavy atom. The third-order valence-electron chi connectivity index (χ3n) is 2.45. The predicted octanol–water partition coefficient (Wildman–Crippen LogP) is 3.63. The zero-order chi connectivity index (χ0) is 13.4. The Morgan fingerprint density at radius 2 is 1.78 bits per heavy atom. The molecule has 7 heteroatoms. The van der Waals surface area contributed by atoms with E-state index < -0.39 is 29.6 Å². The van der Waals surface area contributed by atoms with Gasteiger partial charge in [-0.25, -0.2) is 26.9 Å². The van der Waals surface area contributed by atoms with Crippen LogP contribution in [0.25, 0.3) is 10.9 Å². The van der Waals surface area contributed by atoms with Crippen molar-refractivity contribution in [1.29, 1.82) is 0 Å². The van der Waals surface area contributed by atoms with Crippen molar-refractivity contribution in [3.8, 4) is 0 Å². The van der Waals surface area contributed by atoms with Gasteiger partial charge in [0.05, 0.1) is 10.9 Å². The summed E-state index contributed by atoms with van der Waals surface area (Å²) in [6, 6.07) is 1.48. The van der Waals surface area contributed by atoms with E-state index in [0.29, 0.717) is 6.07 Å². The molecule has 0 fully saturated rings. The van der Waals surface area contributed by atoms with Gasteiger partial charge in [0.1, 0.15) is 5.69 Å². The zero-order valence-corrected chi connectivity index (χ0v) is 9.07. The number of alkyl halides is 2. The number of hydrogen-bond acceptors (Lipinski definition) is 2. The zero-order valence-electron chi connectivity index (χ0n) is 9.07. The van der Waals surface area contributed by atoms with Crippen molar-refractivity contribution in [3.63, 3.8) is 0 Å². The lowest BCUT2D eigenvalue weighted by Crippen LogP contribution is -2.01. The molecule has 0 aliphatic rings. The Hall–Kier alpha value is -1.92. The lowest BCUT2D eigenvalue weighted by atomic mass is 10.1. The summed E-state index contributed by atoms with van der Waals surface area (Å²) in [5, 5.41) is 2.09. The Kier molecular flexibility index (Phi) is 3.06. The van der Waals surface area contributed by atoms with Crippen LogP contribution in [-0.4, -0.2) is 12.0 Å². The summed E-state index contributed by atoms with van der Waals surface area (Å²) in [5.41, 5.74) is -1.09. The first kappa shape index (κ1) is 12.5. The summed E-state index contributed by atoms with van der Waals surface area (Å²) < 4.78 is 64.7. The molecule has 96 valence electrons. The molecular weight excluding hydrogens is 255 g/mol. The highest BCUT2D eigenvalue weighted by Gasteiger charge is 2.20. The fraction of sp³-hybridized carbons (Fsp3) is 0.182. The van der Waals surface area contributed by atoms with E-state index in [9.17, 15) is 22.0 Å². The molecule has 1 aromatic heterocycles. The maximum Gasteiger partial charge on any atom is 0.280 e. The number of nitrogens with one attached hydrogen (secondary N) is 1. The van der Waals surface area contributed by atoms with E-state index in [4.69, 9.17) is 0 Å². The van der Waals surface area contributed by atoms with E-state index in [0.717, 1.165) is 6.07 Å². The van der Waals surface area contributed by atoms with Crippen LogP contribution in [-0.2, 0) is 0 Å². The van der Waals surface area contributed by atoms with Gasteiger partial charge in [0.15, 0.2) is 17.5 Å². The van der Waals surface area contributed by atoms with Crippen LogP contribution < -0.4 is 5.32 Å². The Bertz CT molecular complexity index is 612. The van der Waals surface area contributed by atoms with E-state index in [1.54, 1.807) is 0 Å². The number of fused-ring (bicyclic) bond motifs is 1. The summed E-state index contributed by atoms with van der Waals surface area (Å²) in [5.74, 6) is -4.59. The van der Waals surface area contributed by atoms with Gasteiger partial charge in [-0.15, -0.1) is 0 Å². The van der Waals surface area contributed by atoms with E-state index in [-0.39, 0.29) is 16.6 Å². The molecule has 1 heterocycles. The minimum atomic E-state index is -2.89. The molecule has 0 aliphatic heterocycles. The largest absolute Gasteiger partial charge is 0.387 e. The number of rotatable bonds is 2. The van der Waals surface area contributed by atoms with E-state index in [1.807, 2.05) is 0 Å². The number of pyridine rings is 1. The molecule has 0 spiro atoms. The van der Waals surface area contributed by atoms with Gasteiger partial charge in [-0.1, -0.05) is 0 Å². The third kappa shape index (κ3) is 1.85. The van der Waals surface area contributed by atoms with Crippen molar-refractivity contribution < 1.29 is 22.0 Å². The molecular formula is C11H7F5N2. The third-order valence-corrected chi connectivity index (χ3v) is 2.45. The predicted molar refractivity (Wildman–Crippen MR) is 56.1 cm³/mol. The molecule has 0 bridgehead atoms. The molecule has 0 atom stereocenters. The van der Waals surface area contributed by atoms with Crippen LogP contribution in [0.5, 0.6) is 0 Å². The van der Waals surface area contributed by atoms with Crippen LogP contribution in [0.1, 0.15) is 12.1 Å². The molecule has 0 saturated carbocycles. The van der Waals surface area contributed by atoms with Crippen molar-refractivity contribution in [2.75, 3.05) is 12.4 Å². The van der Waals surface area contributed by atoms with Crippen LogP contribution in [0.15, 0.2) is 12.1 Å². The molecule has 1 N–H and O–H groups in total. The van der Waals surface area contributed by atoms with Crippen molar-refractivity contribution >= 4 is 16.6 Å². The number of aromatic nitrogens is 1. The van der Waals surface area contributed by atoms with Gasteiger partial charge in [0, 0.05) is 18.8 Å². The van der Waals surface area contributed by atoms with Crippen LogP contribution in [0.4, 0.5) is 27.6 Å². The van der Waals surface area contributed by atoms with Crippen LogP contribution in [0.3, 0.4) is 0 Å². The van der Waals surface area contributed by atoms with Gasteiger partial charge in [0.2, 0.25) is 0 Å². The average Bonchev–Trinajstić information content (AvgIpc) is 2.34. The summed E-state index contributed by atoms with van der Waals surface area (Å²) in [7, 11) is 1.35. The monoisotopic (exact) mass is 262 g/mol. The molecule has 2 nitrogen and oxygen atoms in total. The van der Waals surface area contributed by atoms with E-state index >= 15 is 0 Å². The number of benzene rings is 1. The molecule has 1 aromatic carbocycles. The summed E-state index contributed by atoms with van der Waals surface area (Å²) in [6.45, 7) is 0. The van der Waals surface area contributed by atoms with Crippen LogP contribution in [0, 0.1) is 17.5 Å². The summed E-state index contributed by atoms with van der Waals surface area (Å²) in [6.07, 6.45) is -2.89. The van der Waals surface area contributed by atoms with Gasteiger partial charge >= 0.3 is 0 Å². The average molecular weight is 262 g/mol.